The first kappa shape index (κ1) is 25.0. The van der Waals surface area contributed by atoms with E-state index in [0.29, 0.717) is 22.8 Å². The molecule has 3 aromatic carbocycles. The van der Waals surface area contributed by atoms with Gasteiger partial charge < -0.3 is 15.5 Å². The van der Waals surface area contributed by atoms with Crippen molar-refractivity contribution in [3.8, 4) is 16.9 Å². The third kappa shape index (κ3) is 5.66. The molecule has 38 heavy (non-hydrogen) atoms. The number of carbonyl (C=O) groups is 2. The number of phenolic OH excluding ortho intramolecular Hbond substituents is 1. The molecule has 0 aliphatic carbocycles. The Morgan fingerprint density at radius 3 is 2.45 bits per heavy atom. The summed E-state index contributed by atoms with van der Waals surface area (Å²) < 4.78 is 1.62. The second-order valence-corrected chi connectivity index (χ2v) is 9.30. The van der Waals surface area contributed by atoms with Gasteiger partial charge >= 0.3 is 5.97 Å². The lowest BCUT2D eigenvalue weighted by atomic mass is 9.95. The van der Waals surface area contributed by atoms with Crippen molar-refractivity contribution in [1.29, 1.82) is 0 Å². The number of nitrogens with zero attached hydrogens (tertiary/aromatic N) is 3. The summed E-state index contributed by atoms with van der Waals surface area (Å²) in [5.74, 6) is -1.41. The number of carboxylic acids is 1. The number of halogens is 1. The highest BCUT2D eigenvalue weighted by atomic mass is 35.5. The van der Waals surface area contributed by atoms with E-state index in [-0.39, 0.29) is 17.9 Å². The molecule has 5 rings (SSSR count). The summed E-state index contributed by atoms with van der Waals surface area (Å²) in [6, 6.07) is 20.6. The number of carboxylic acid groups (broad SMARTS) is 1. The Labute approximate surface area is 223 Å². The third-order valence-electron chi connectivity index (χ3n) is 6.17. The smallest absolute Gasteiger partial charge is 0.326 e. The van der Waals surface area contributed by atoms with Crippen molar-refractivity contribution in [3.05, 3.63) is 119 Å². The number of fused-ring (bicyclic) bond motifs is 1. The lowest BCUT2D eigenvalue weighted by molar-refractivity contribution is -0.139. The Morgan fingerprint density at radius 1 is 0.947 bits per heavy atom. The van der Waals surface area contributed by atoms with Crippen LogP contribution in [0.25, 0.3) is 16.9 Å². The molecule has 0 saturated carbocycles. The molecule has 8 nitrogen and oxygen atoms in total. The van der Waals surface area contributed by atoms with Gasteiger partial charge in [-0.1, -0.05) is 60.1 Å². The normalized spacial score (nSPS) is 11.8. The Kier molecular flexibility index (Phi) is 7.06. The van der Waals surface area contributed by atoms with Crippen LogP contribution in [-0.2, 0) is 17.6 Å². The van der Waals surface area contributed by atoms with Crippen LogP contribution < -0.4 is 5.32 Å². The molecule has 0 unspecified atom stereocenters. The summed E-state index contributed by atoms with van der Waals surface area (Å²) in [7, 11) is 0. The SMILES string of the molecule is O=C(N[C@@H](Cc1ccc(O)cc1Cc1ccccc1)C(=O)O)c1cn2cc(-c3ccc(Cl)cc3)cnc2n1. The number of aromatic hydroxyl groups is 1. The maximum absolute atomic E-state index is 13.0. The Balaban J connectivity index is 1.35. The molecule has 9 heteroatoms. The van der Waals surface area contributed by atoms with Crippen molar-refractivity contribution in [3.63, 3.8) is 0 Å². The van der Waals surface area contributed by atoms with E-state index >= 15 is 0 Å². The molecule has 0 aliphatic rings. The van der Waals surface area contributed by atoms with Gasteiger partial charge in [0, 0.05) is 35.6 Å². The molecule has 3 N–H and O–H groups in total. The van der Waals surface area contributed by atoms with Gasteiger partial charge in [0.2, 0.25) is 5.78 Å². The first-order chi connectivity index (χ1) is 18.4. The molecule has 1 atom stereocenters. The largest absolute Gasteiger partial charge is 0.508 e. The van der Waals surface area contributed by atoms with Crippen LogP contribution in [-0.4, -0.2) is 42.5 Å². The van der Waals surface area contributed by atoms with Gasteiger partial charge in [-0.3, -0.25) is 9.20 Å². The van der Waals surface area contributed by atoms with Crippen molar-refractivity contribution >= 4 is 29.3 Å². The van der Waals surface area contributed by atoms with Gasteiger partial charge in [-0.25, -0.2) is 14.8 Å². The molecule has 0 bridgehead atoms. The van der Waals surface area contributed by atoms with Gasteiger partial charge in [0.15, 0.2) is 0 Å². The van der Waals surface area contributed by atoms with E-state index in [2.05, 4.69) is 15.3 Å². The number of hydrogen-bond acceptors (Lipinski definition) is 5. The van der Waals surface area contributed by atoms with Crippen LogP contribution in [0.5, 0.6) is 5.75 Å². The predicted octanol–water partition coefficient (Wildman–Crippen LogP) is 4.77. The number of amides is 1. The van der Waals surface area contributed by atoms with Gasteiger partial charge in [-0.05, 0) is 52.9 Å². The van der Waals surface area contributed by atoms with Crippen LogP contribution in [0.15, 0.2) is 91.4 Å². The minimum atomic E-state index is -1.20. The first-order valence-corrected chi connectivity index (χ1v) is 12.2. The molecule has 0 aliphatic heterocycles. The van der Waals surface area contributed by atoms with Gasteiger partial charge in [0.1, 0.15) is 17.5 Å². The number of rotatable bonds is 8. The van der Waals surface area contributed by atoms with Crippen LogP contribution in [0.2, 0.25) is 5.02 Å². The summed E-state index contributed by atoms with van der Waals surface area (Å²) >= 11 is 5.97. The Morgan fingerprint density at radius 2 is 1.71 bits per heavy atom. The minimum Gasteiger partial charge on any atom is -0.508 e. The fourth-order valence-corrected chi connectivity index (χ4v) is 4.36. The number of phenols is 1. The molecule has 1 amide bonds. The van der Waals surface area contributed by atoms with Crippen LogP contribution in [0, 0.1) is 0 Å². The van der Waals surface area contributed by atoms with Crippen LogP contribution >= 0.6 is 11.6 Å². The average Bonchev–Trinajstić information content (AvgIpc) is 3.34. The molecule has 190 valence electrons. The topological polar surface area (TPSA) is 117 Å². The van der Waals surface area contributed by atoms with E-state index in [1.807, 2.05) is 42.5 Å². The fraction of sp³-hybridized carbons (Fsp3) is 0.103. The van der Waals surface area contributed by atoms with Crippen molar-refractivity contribution in [2.24, 2.45) is 0 Å². The van der Waals surface area contributed by atoms with Gasteiger partial charge in [0.25, 0.3) is 5.91 Å². The third-order valence-corrected chi connectivity index (χ3v) is 6.43. The summed E-state index contributed by atoms with van der Waals surface area (Å²) in [5.41, 5.74) is 4.26. The maximum atomic E-state index is 13.0. The number of imidazole rings is 1. The zero-order valence-corrected chi connectivity index (χ0v) is 20.8. The van der Waals surface area contributed by atoms with E-state index in [0.717, 1.165) is 22.3 Å². The highest BCUT2D eigenvalue weighted by Crippen LogP contribution is 2.23. The standard InChI is InChI=1S/C29H23ClN4O4/c30-23-9-6-19(7-10-23)22-15-31-29-33-26(17-34(29)16-22)27(36)32-25(28(37)38)14-20-8-11-24(35)13-21(20)12-18-4-2-1-3-5-18/h1-11,13,15-17,25,35H,12,14H2,(H,32,36)(H,37,38)/t25-/m0/s1. The average molecular weight is 527 g/mol. The summed E-state index contributed by atoms with van der Waals surface area (Å²) in [6.45, 7) is 0. The lowest BCUT2D eigenvalue weighted by Gasteiger charge is -2.17. The number of carbonyl (C=O) groups excluding carboxylic acids is 1. The molecular formula is C29H23ClN4O4. The fourth-order valence-electron chi connectivity index (χ4n) is 4.23. The van der Waals surface area contributed by atoms with Gasteiger partial charge in [-0.15, -0.1) is 0 Å². The van der Waals surface area contributed by atoms with Gasteiger partial charge in [-0.2, -0.15) is 0 Å². The first-order valence-electron chi connectivity index (χ1n) is 11.8. The molecule has 2 aromatic heterocycles. The predicted molar refractivity (Wildman–Crippen MR) is 143 cm³/mol. The lowest BCUT2D eigenvalue weighted by Crippen LogP contribution is -2.42. The summed E-state index contributed by atoms with van der Waals surface area (Å²) in [5, 5.41) is 23.1. The number of hydrogen-bond donors (Lipinski definition) is 3. The van der Waals surface area contributed by atoms with Crippen LogP contribution in [0.4, 0.5) is 0 Å². The van der Waals surface area contributed by atoms with E-state index < -0.39 is 17.9 Å². The number of nitrogens with one attached hydrogen (secondary N) is 1. The molecule has 0 spiro atoms. The van der Waals surface area contributed by atoms with E-state index in [1.54, 1.807) is 41.1 Å². The van der Waals surface area contributed by atoms with Crippen molar-refractivity contribution in [2.75, 3.05) is 0 Å². The molecule has 0 saturated heterocycles. The van der Waals surface area contributed by atoms with Crippen molar-refractivity contribution in [2.45, 2.75) is 18.9 Å². The second kappa shape index (κ2) is 10.7. The minimum absolute atomic E-state index is 0.0376. The second-order valence-electron chi connectivity index (χ2n) is 8.87. The Hall–Kier alpha value is -4.69. The monoisotopic (exact) mass is 526 g/mol. The van der Waals surface area contributed by atoms with E-state index in [9.17, 15) is 19.8 Å². The number of aliphatic carboxylic acids is 1. The molecular weight excluding hydrogens is 504 g/mol. The van der Waals surface area contributed by atoms with E-state index in [1.165, 1.54) is 12.3 Å². The number of aromatic nitrogens is 3. The summed E-state index contributed by atoms with van der Waals surface area (Å²) in [6.07, 6.45) is 5.49. The van der Waals surface area contributed by atoms with Crippen molar-refractivity contribution in [1.82, 2.24) is 19.7 Å². The van der Waals surface area contributed by atoms with E-state index in [4.69, 9.17) is 11.6 Å². The van der Waals surface area contributed by atoms with Crippen LogP contribution in [0.1, 0.15) is 27.2 Å². The van der Waals surface area contributed by atoms with Gasteiger partial charge in [0.05, 0.1) is 0 Å². The quantitative estimate of drug-likeness (QED) is 0.268. The summed E-state index contributed by atoms with van der Waals surface area (Å²) in [4.78, 5) is 33.7. The van der Waals surface area contributed by atoms with Crippen LogP contribution in [0.3, 0.4) is 0 Å². The maximum Gasteiger partial charge on any atom is 0.326 e. The zero-order chi connectivity index (χ0) is 26.6. The molecule has 0 fully saturated rings. The van der Waals surface area contributed by atoms with Crippen molar-refractivity contribution < 1.29 is 19.8 Å². The Bertz CT molecular complexity index is 1620. The molecule has 0 radical (unpaired) electrons. The zero-order valence-electron chi connectivity index (χ0n) is 20.1. The highest BCUT2D eigenvalue weighted by Gasteiger charge is 2.24. The highest BCUT2D eigenvalue weighted by molar-refractivity contribution is 6.30. The molecule has 2 heterocycles. The molecule has 5 aromatic rings. The number of benzene rings is 3.